The van der Waals surface area contributed by atoms with Crippen molar-refractivity contribution in [2.45, 2.75) is 32.2 Å². The first-order valence-electron chi connectivity index (χ1n) is 7.67. The van der Waals surface area contributed by atoms with Crippen LogP contribution >= 0.6 is 0 Å². The summed E-state index contributed by atoms with van der Waals surface area (Å²) < 4.78 is 3.81. The summed E-state index contributed by atoms with van der Waals surface area (Å²) in [5.41, 5.74) is 0.804. The molecule has 0 radical (unpaired) electrons. The van der Waals surface area contributed by atoms with Crippen LogP contribution in [0.4, 0.5) is 5.82 Å². The van der Waals surface area contributed by atoms with Crippen LogP contribution in [0.5, 0.6) is 0 Å². The van der Waals surface area contributed by atoms with Gasteiger partial charge in [-0.15, -0.1) is 20.4 Å². The summed E-state index contributed by atoms with van der Waals surface area (Å²) >= 11 is 0. The molecule has 3 aromatic heterocycles. The van der Waals surface area contributed by atoms with Crippen molar-refractivity contribution in [3.8, 4) is 0 Å². The molecule has 3 aromatic rings. The third-order valence-electron chi connectivity index (χ3n) is 4.23. The summed E-state index contributed by atoms with van der Waals surface area (Å²) in [6.45, 7) is 3.99. The van der Waals surface area contributed by atoms with E-state index in [-0.39, 0.29) is 0 Å². The number of anilines is 1. The summed E-state index contributed by atoms with van der Waals surface area (Å²) in [4.78, 5) is 2.31. The van der Waals surface area contributed by atoms with Gasteiger partial charge in [-0.3, -0.25) is 0 Å². The molecule has 1 aliphatic rings. The largest absolute Gasteiger partial charge is 0.355 e. The van der Waals surface area contributed by atoms with E-state index in [1.165, 1.54) is 0 Å². The van der Waals surface area contributed by atoms with E-state index in [1.807, 2.05) is 27.5 Å². The van der Waals surface area contributed by atoms with Crippen LogP contribution in [0.25, 0.3) is 5.65 Å². The van der Waals surface area contributed by atoms with Crippen molar-refractivity contribution in [3.05, 3.63) is 30.4 Å². The SMILES string of the molecule is CCc1nnc2ccc(N3CCC(n4ccnn4)CC3)nn12. The minimum atomic E-state index is 0.434. The van der Waals surface area contributed by atoms with Gasteiger partial charge in [-0.2, -0.15) is 4.52 Å². The third-order valence-corrected chi connectivity index (χ3v) is 4.23. The Morgan fingerprint density at radius 2 is 2.05 bits per heavy atom. The van der Waals surface area contributed by atoms with Crippen molar-refractivity contribution in [1.29, 1.82) is 0 Å². The lowest BCUT2D eigenvalue weighted by molar-refractivity contribution is 0.359. The third kappa shape index (κ3) is 2.20. The van der Waals surface area contributed by atoms with E-state index < -0.39 is 0 Å². The van der Waals surface area contributed by atoms with E-state index in [1.54, 1.807) is 6.20 Å². The summed E-state index contributed by atoms with van der Waals surface area (Å²) in [6, 6.07) is 4.45. The first kappa shape index (κ1) is 13.2. The number of piperidine rings is 1. The molecule has 114 valence electrons. The number of hydrogen-bond acceptors (Lipinski definition) is 6. The summed E-state index contributed by atoms with van der Waals surface area (Å²) in [5, 5.41) is 21.0. The number of aromatic nitrogens is 7. The van der Waals surface area contributed by atoms with E-state index in [4.69, 9.17) is 5.10 Å². The standard InChI is InChI=1S/C14H18N8/c1-2-12-16-17-13-3-4-14(18-22(12)13)20-8-5-11(6-9-20)21-10-7-15-19-21/h3-4,7,10-11H,2,5-6,8-9H2,1H3. The smallest absolute Gasteiger partial charge is 0.178 e. The molecular weight excluding hydrogens is 280 g/mol. The van der Waals surface area contributed by atoms with E-state index in [2.05, 4.69) is 32.3 Å². The number of rotatable bonds is 3. The molecule has 0 N–H and O–H groups in total. The van der Waals surface area contributed by atoms with E-state index >= 15 is 0 Å². The van der Waals surface area contributed by atoms with Gasteiger partial charge in [0, 0.05) is 25.7 Å². The van der Waals surface area contributed by atoms with Gasteiger partial charge in [-0.05, 0) is 25.0 Å². The number of aryl methyl sites for hydroxylation is 1. The van der Waals surface area contributed by atoms with Crippen LogP contribution in [-0.2, 0) is 6.42 Å². The van der Waals surface area contributed by atoms with Crippen LogP contribution < -0.4 is 4.90 Å². The lowest BCUT2D eigenvalue weighted by atomic mass is 10.1. The van der Waals surface area contributed by atoms with Crippen LogP contribution in [0.15, 0.2) is 24.5 Å². The zero-order valence-electron chi connectivity index (χ0n) is 12.5. The topological polar surface area (TPSA) is 77.0 Å². The lowest BCUT2D eigenvalue weighted by Gasteiger charge is -2.32. The fraction of sp³-hybridized carbons (Fsp3) is 0.500. The van der Waals surface area contributed by atoms with E-state index in [0.29, 0.717) is 6.04 Å². The van der Waals surface area contributed by atoms with Crippen LogP contribution in [-0.4, -0.2) is 47.9 Å². The summed E-state index contributed by atoms with van der Waals surface area (Å²) in [5.74, 6) is 1.88. The maximum Gasteiger partial charge on any atom is 0.178 e. The summed E-state index contributed by atoms with van der Waals surface area (Å²) in [7, 11) is 0. The fourth-order valence-corrected chi connectivity index (χ4v) is 2.98. The van der Waals surface area contributed by atoms with Gasteiger partial charge < -0.3 is 4.90 Å². The van der Waals surface area contributed by atoms with Crippen molar-refractivity contribution in [2.75, 3.05) is 18.0 Å². The summed E-state index contributed by atoms with van der Waals surface area (Å²) in [6.07, 6.45) is 6.60. The average molecular weight is 298 g/mol. The molecule has 0 bridgehead atoms. The lowest BCUT2D eigenvalue weighted by Crippen LogP contribution is -2.35. The molecule has 0 atom stereocenters. The average Bonchev–Trinajstić information content (AvgIpc) is 3.24. The zero-order chi connectivity index (χ0) is 14.9. The Balaban J connectivity index is 1.53. The number of nitrogens with zero attached hydrogens (tertiary/aromatic N) is 8. The predicted molar refractivity (Wildman–Crippen MR) is 80.7 cm³/mol. The molecule has 1 aliphatic heterocycles. The Labute approximate surface area is 127 Å². The van der Waals surface area contributed by atoms with Gasteiger partial charge in [-0.1, -0.05) is 12.1 Å². The molecule has 4 heterocycles. The molecule has 0 saturated carbocycles. The van der Waals surface area contributed by atoms with Crippen molar-refractivity contribution >= 4 is 11.5 Å². The highest BCUT2D eigenvalue weighted by Crippen LogP contribution is 2.24. The van der Waals surface area contributed by atoms with Crippen LogP contribution in [0.3, 0.4) is 0 Å². The Hall–Kier alpha value is -2.51. The second-order valence-corrected chi connectivity index (χ2v) is 5.53. The Kier molecular flexibility index (Phi) is 3.21. The molecule has 1 saturated heterocycles. The van der Waals surface area contributed by atoms with Crippen molar-refractivity contribution in [3.63, 3.8) is 0 Å². The van der Waals surface area contributed by atoms with Gasteiger partial charge in [0.05, 0.1) is 12.2 Å². The van der Waals surface area contributed by atoms with Gasteiger partial charge in [0.25, 0.3) is 0 Å². The zero-order valence-corrected chi connectivity index (χ0v) is 12.5. The van der Waals surface area contributed by atoms with Crippen LogP contribution in [0, 0.1) is 0 Å². The molecule has 0 unspecified atom stereocenters. The molecule has 4 rings (SSSR count). The predicted octanol–water partition coefficient (Wildman–Crippen LogP) is 1.12. The van der Waals surface area contributed by atoms with Crippen LogP contribution in [0.1, 0.15) is 31.6 Å². The van der Waals surface area contributed by atoms with Gasteiger partial charge in [0.2, 0.25) is 0 Å². The fourth-order valence-electron chi connectivity index (χ4n) is 2.98. The quantitative estimate of drug-likeness (QED) is 0.721. The highest BCUT2D eigenvalue weighted by atomic mass is 15.4. The van der Waals surface area contributed by atoms with Gasteiger partial charge >= 0.3 is 0 Å². The Morgan fingerprint density at radius 3 is 2.77 bits per heavy atom. The molecule has 0 spiro atoms. The van der Waals surface area contributed by atoms with E-state index in [0.717, 1.165) is 49.6 Å². The highest BCUT2D eigenvalue weighted by Gasteiger charge is 2.22. The maximum absolute atomic E-state index is 4.70. The second kappa shape index (κ2) is 5.36. The molecule has 0 aromatic carbocycles. The Morgan fingerprint density at radius 1 is 1.18 bits per heavy atom. The maximum atomic E-state index is 4.70. The molecule has 1 fully saturated rings. The van der Waals surface area contributed by atoms with Crippen molar-refractivity contribution < 1.29 is 0 Å². The minimum Gasteiger partial charge on any atom is -0.355 e. The Bertz CT molecular complexity index is 754. The molecule has 0 amide bonds. The van der Waals surface area contributed by atoms with Crippen molar-refractivity contribution in [1.82, 2.24) is 34.8 Å². The van der Waals surface area contributed by atoms with Gasteiger partial charge in [0.15, 0.2) is 11.5 Å². The molecule has 22 heavy (non-hydrogen) atoms. The first-order valence-corrected chi connectivity index (χ1v) is 7.67. The van der Waals surface area contributed by atoms with Gasteiger partial charge in [0.1, 0.15) is 5.82 Å². The second-order valence-electron chi connectivity index (χ2n) is 5.53. The number of hydrogen-bond donors (Lipinski definition) is 0. The first-order chi connectivity index (χ1) is 10.8. The van der Waals surface area contributed by atoms with Crippen molar-refractivity contribution in [2.24, 2.45) is 0 Å². The number of fused-ring (bicyclic) bond motifs is 1. The molecule has 8 heteroatoms. The van der Waals surface area contributed by atoms with Gasteiger partial charge in [-0.25, -0.2) is 4.68 Å². The van der Waals surface area contributed by atoms with E-state index in [9.17, 15) is 0 Å². The molecule has 8 nitrogen and oxygen atoms in total. The van der Waals surface area contributed by atoms with Crippen LogP contribution in [0.2, 0.25) is 0 Å². The highest BCUT2D eigenvalue weighted by molar-refractivity contribution is 5.46. The minimum absolute atomic E-state index is 0.434. The molecular formula is C14H18N8. The monoisotopic (exact) mass is 298 g/mol. The normalized spacial score (nSPS) is 16.5. The molecule has 0 aliphatic carbocycles.